The van der Waals surface area contributed by atoms with E-state index in [0.717, 1.165) is 18.2 Å². The van der Waals surface area contributed by atoms with Gasteiger partial charge in [0.1, 0.15) is 0 Å². The molecule has 1 aromatic rings. The molecule has 0 aliphatic heterocycles. The highest BCUT2D eigenvalue weighted by Crippen LogP contribution is 2.29. The number of nitrogens with zero attached hydrogens (tertiary/aromatic N) is 1. The fraction of sp³-hybridized carbons (Fsp3) is 0.125. The molecule has 0 heterocycles. The van der Waals surface area contributed by atoms with Crippen LogP contribution in [0.25, 0.3) is 0 Å². The number of carbonyl (C=O) groups is 1. The van der Waals surface area contributed by atoms with Crippen LogP contribution in [0.2, 0.25) is 0 Å². The minimum atomic E-state index is -1.34. The largest absolute Gasteiger partial charge is 0.479 e. The lowest BCUT2D eigenvalue weighted by Crippen LogP contribution is -2.11. The normalized spacial score (nSPS) is 9.67. The Balaban J connectivity index is 3.02. The quantitative estimate of drug-likeness (QED) is 0.601. The fourth-order valence-electron chi connectivity index (χ4n) is 0.918. The molecule has 80 valence electrons. The van der Waals surface area contributed by atoms with Gasteiger partial charge in [-0.15, -0.1) is 0 Å². The maximum Gasteiger partial charge on any atom is 0.341 e. The predicted octanol–water partition coefficient (Wildman–Crippen LogP) is 1.20. The summed E-state index contributed by atoms with van der Waals surface area (Å²) in [4.78, 5) is 19.7. The SMILES string of the molecule is O=C(O)COc1c(F)cccc1[N+](=O)[O-]. The van der Waals surface area contributed by atoms with Crippen molar-refractivity contribution in [2.24, 2.45) is 0 Å². The Bertz CT molecular complexity index is 406. The van der Waals surface area contributed by atoms with Gasteiger partial charge in [0.15, 0.2) is 12.4 Å². The molecular weight excluding hydrogens is 209 g/mol. The minimum absolute atomic E-state index is 0.601. The van der Waals surface area contributed by atoms with Gasteiger partial charge in [0.25, 0.3) is 0 Å². The van der Waals surface area contributed by atoms with Crippen LogP contribution < -0.4 is 4.74 Å². The lowest BCUT2D eigenvalue weighted by molar-refractivity contribution is -0.386. The molecule has 0 atom stereocenters. The van der Waals surface area contributed by atoms with E-state index in [9.17, 15) is 19.3 Å². The number of aliphatic carboxylic acids is 1. The number of para-hydroxylation sites is 1. The van der Waals surface area contributed by atoms with Crippen LogP contribution in [0.1, 0.15) is 0 Å². The van der Waals surface area contributed by atoms with Crippen molar-refractivity contribution in [3.05, 3.63) is 34.1 Å². The number of nitro groups is 1. The van der Waals surface area contributed by atoms with E-state index >= 15 is 0 Å². The van der Waals surface area contributed by atoms with Gasteiger partial charge in [-0.1, -0.05) is 6.07 Å². The number of ether oxygens (including phenoxy) is 1. The van der Waals surface area contributed by atoms with Crippen LogP contribution >= 0.6 is 0 Å². The number of hydrogen-bond donors (Lipinski definition) is 1. The standard InChI is InChI=1S/C8H6FNO5/c9-5-2-1-3-6(10(13)14)8(5)15-4-7(11)12/h1-3H,4H2,(H,11,12). The van der Waals surface area contributed by atoms with Crippen molar-refractivity contribution < 1.29 is 24.0 Å². The van der Waals surface area contributed by atoms with Crippen LogP contribution in [-0.4, -0.2) is 22.6 Å². The van der Waals surface area contributed by atoms with Gasteiger partial charge in [0.2, 0.25) is 5.75 Å². The Hall–Kier alpha value is -2.18. The van der Waals surface area contributed by atoms with E-state index in [1.54, 1.807) is 0 Å². The monoisotopic (exact) mass is 215 g/mol. The first-order chi connectivity index (χ1) is 7.02. The molecular formula is C8H6FNO5. The Morgan fingerprint density at radius 3 is 2.80 bits per heavy atom. The lowest BCUT2D eigenvalue weighted by Gasteiger charge is -2.04. The lowest BCUT2D eigenvalue weighted by atomic mass is 10.3. The number of benzene rings is 1. The summed E-state index contributed by atoms with van der Waals surface area (Å²) in [5.41, 5.74) is -0.601. The Kier molecular flexibility index (Phi) is 3.17. The smallest absolute Gasteiger partial charge is 0.341 e. The summed E-state index contributed by atoms with van der Waals surface area (Å²) in [6.45, 7) is -0.832. The van der Waals surface area contributed by atoms with Gasteiger partial charge < -0.3 is 9.84 Å². The highest BCUT2D eigenvalue weighted by molar-refractivity contribution is 5.68. The van der Waals surface area contributed by atoms with Crippen molar-refractivity contribution >= 4 is 11.7 Å². The van der Waals surface area contributed by atoms with E-state index in [0.29, 0.717) is 0 Å². The molecule has 0 bridgehead atoms. The van der Waals surface area contributed by atoms with Crippen LogP contribution in [0.15, 0.2) is 18.2 Å². The van der Waals surface area contributed by atoms with E-state index in [-0.39, 0.29) is 0 Å². The topological polar surface area (TPSA) is 89.7 Å². The van der Waals surface area contributed by atoms with Gasteiger partial charge in [0.05, 0.1) is 4.92 Å². The summed E-state index contributed by atoms with van der Waals surface area (Å²) in [5.74, 6) is -2.97. The molecule has 0 radical (unpaired) electrons. The number of rotatable bonds is 4. The Morgan fingerprint density at radius 1 is 1.60 bits per heavy atom. The molecule has 7 heteroatoms. The van der Waals surface area contributed by atoms with Gasteiger partial charge in [0, 0.05) is 6.07 Å². The van der Waals surface area contributed by atoms with Crippen molar-refractivity contribution in [2.75, 3.05) is 6.61 Å². The second-order valence-corrected chi connectivity index (χ2v) is 2.53. The second-order valence-electron chi connectivity index (χ2n) is 2.53. The van der Waals surface area contributed by atoms with Crippen molar-refractivity contribution in [3.63, 3.8) is 0 Å². The van der Waals surface area contributed by atoms with E-state index in [1.807, 2.05) is 0 Å². The molecule has 0 saturated carbocycles. The summed E-state index contributed by atoms with van der Waals surface area (Å²) in [6.07, 6.45) is 0. The molecule has 0 aromatic heterocycles. The summed E-state index contributed by atoms with van der Waals surface area (Å²) >= 11 is 0. The van der Waals surface area contributed by atoms with Crippen molar-refractivity contribution in [1.29, 1.82) is 0 Å². The van der Waals surface area contributed by atoms with E-state index in [4.69, 9.17) is 5.11 Å². The second kappa shape index (κ2) is 4.36. The third kappa shape index (κ3) is 2.63. The van der Waals surface area contributed by atoms with Crippen LogP contribution in [0.4, 0.5) is 10.1 Å². The number of halogens is 1. The molecule has 1 aromatic carbocycles. The van der Waals surface area contributed by atoms with Crippen LogP contribution in [0, 0.1) is 15.9 Å². The zero-order valence-electron chi connectivity index (χ0n) is 7.34. The van der Waals surface area contributed by atoms with E-state index in [1.165, 1.54) is 0 Å². The molecule has 0 saturated heterocycles. The highest BCUT2D eigenvalue weighted by Gasteiger charge is 2.19. The average Bonchev–Trinajstić information content (AvgIpc) is 2.15. The van der Waals surface area contributed by atoms with E-state index < -0.39 is 34.8 Å². The number of nitro benzene ring substituents is 1. The van der Waals surface area contributed by atoms with Gasteiger partial charge in [-0.3, -0.25) is 10.1 Å². The molecule has 15 heavy (non-hydrogen) atoms. The number of hydrogen-bond acceptors (Lipinski definition) is 4. The van der Waals surface area contributed by atoms with Crippen LogP contribution in [0.3, 0.4) is 0 Å². The molecule has 0 unspecified atom stereocenters. The van der Waals surface area contributed by atoms with Gasteiger partial charge >= 0.3 is 11.7 Å². The third-order valence-corrected chi connectivity index (χ3v) is 1.48. The summed E-state index contributed by atoms with van der Waals surface area (Å²) in [7, 11) is 0. The zero-order valence-corrected chi connectivity index (χ0v) is 7.34. The fourth-order valence-corrected chi connectivity index (χ4v) is 0.918. The van der Waals surface area contributed by atoms with Crippen molar-refractivity contribution in [3.8, 4) is 5.75 Å². The third-order valence-electron chi connectivity index (χ3n) is 1.48. The Morgan fingerprint density at radius 2 is 2.27 bits per heavy atom. The maximum absolute atomic E-state index is 13.0. The average molecular weight is 215 g/mol. The molecule has 0 spiro atoms. The van der Waals surface area contributed by atoms with Crippen molar-refractivity contribution in [1.82, 2.24) is 0 Å². The molecule has 0 aliphatic rings. The first-order valence-corrected chi connectivity index (χ1v) is 3.80. The summed E-state index contributed by atoms with van der Waals surface area (Å²) in [5, 5.41) is 18.7. The first kappa shape index (κ1) is 10.9. The summed E-state index contributed by atoms with van der Waals surface area (Å²) in [6, 6.07) is 3.12. The first-order valence-electron chi connectivity index (χ1n) is 3.80. The number of carboxylic acid groups (broad SMARTS) is 1. The molecule has 0 fully saturated rings. The molecule has 0 amide bonds. The number of carboxylic acids is 1. The van der Waals surface area contributed by atoms with Crippen LogP contribution in [0.5, 0.6) is 5.75 Å². The highest BCUT2D eigenvalue weighted by atomic mass is 19.1. The van der Waals surface area contributed by atoms with Crippen LogP contribution in [-0.2, 0) is 4.79 Å². The maximum atomic E-state index is 13.0. The Labute approximate surface area is 83.0 Å². The molecule has 6 nitrogen and oxygen atoms in total. The van der Waals surface area contributed by atoms with Gasteiger partial charge in [-0.2, -0.15) is 0 Å². The van der Waals surface area contributed by atoms with E-state index in [2.05, 4.69) is 4.74 Å². The molecule has 0 aliphatic carbocycles. The zero-order chi connectivity index (χ0) is 11.4. The summed E-state index contributed by atoms with van der Waals surface area (Å²) < 4.78 is 17.5. The molecule has 1 N–H and O–H groups in total. The molecule has 1 rings (SSSR count). The minimum Gasteiger partial charge on any atom is -0.479 e. The van der Waals surface area contributed by atoms with Gasteiger partial charge in [-0.25, -0.2) is 9.18 Å². The van der Waals surface area contributed by atoms with Gasteiger partial charge in [-0.05, 0) is 6.07 Å². The predicted molar refractivity (Wildman–Crippen MR) is 46.2 cm³/mol. The van der Waals surface area contributed by atoms with Crippen molar-refractivity contribution in [2.45, 2.75) is 0 Å².